The van der Waals surface area contributed by atoms with E-state index in [4.69, 9.17) is 4.74 Å². The van der Waals surface area contributed by atoms with Crippen molar-refractivity contribution in [2.45, 2.75) is 46.6 Å². The summed E-state index contributed by atoms with van der Waals surface area (Å²) in [6, 6.07) is 10.2. The molecule has 0 saturated heterocycles. The number of nitrogens with one attached hydrogen (secondary N) is 1. The van der Waals surface area contributed by atoms with Gasteiger partial charge in [0.1, 0.15) is 5.75 Å². The molecule has 0 aliphatic rings. The number of benzene rings is 1. The number of hydrogen-bond acceptors (Lipinski definition) is 4. The Labute approximate surface area is 149 Å². The predicted molar refractivity (Wildman–Crippen MR) is 101 cm³/mol. The Morgan fingerprint density at radius 3 is 2.68 bits per heavy atom. The minimum Gasteiger partial charge on any atom is -0.494 e. The molecule has 25 heavy (non-hydrogen) atoms. The summed E-state index contributed by atoms with van der Waals surface area (Å²) in [4.78, 5) is 4.61. The minimum atomic E-state index is 0.691. The Morgan fingerprint density at radius 1 is 1.12 bits per heavy atom. The van der Waals surface area contributed by atoms with Gasteiger partial charge in [0.2, 0.25) is 0 Å². The first-order valence-corrected chi connectivity index (χ1v) is 8.95. The Hall–Kier alpha value is -2.56. The molecule has 0 fully saturated rings. The van der Waals surface area contributed by atoms with Crippen molar-refractivity contribution in [3.63, 3.8) is 0 Å². The van der Waals surface area contributed by atoms with Gasteiger partial charge in [0.15, 0.2) is 5.65 Å². The van der Waals surface area contributed by atoms with Crippen LogP contribution in [0.4, 0.5) is 5.69 Å². The predicted octanol–water partition coefficient (Wildman–Crippen LogP) is 4.53. The van der Waals surface area contributed by atoms with E-state index >= 15 is 0 Å². The van der Waals surface area contributed by atoms with Gasteiger partial charge in [0, 0.05) is 29.2 Å². The van der Waals surface area contributed by atoms with E-state index in [9.17, 15) is 0 Å². The van der Waals surface area contributed by atoms with Crippen LogP contribution in [0.25, 0.3) is 5.65 Å². The Morgan fingerprint density at radius 2 is 1.92 bits per heavy atom. The van der Waals surface area contributed by atoms with Gasteiger partial charge in [-0.3, -0.25) is 0 Å². The van der Waals surface area contributed by atoms with E-state index in [-0.39, 0.29) is 0 Å². The minimum absolute atomic E-state index is 0.691. The Balaban J connectivity index is 1.60. The summed E-state index contributed by atoms with van der Waals surface area (Å²) < 4.78 is 7.63. The topological polar surface area (TPSA) is 51.5 Å². The van der Waals surface area contributed by atoms with Gasteiger partial charge in [0.25, 0.3) is 0 Å². The number of aromatic nitrogens is 3. The summed E-state index contributed by atoms with van der Waals surface area (Å²) in [6.07, 6.45) is 5.42. The van der Waals surface area contributed by atoms with Crippen LogP contribution in [-0.4, -0.2) is 21.2 Å². The fourth-order valence-corrected chi connectivity index (χ4v) is 2.85. The summed E-state index contributed by atoms with van der Waals surface area (Å²) in [5, 5.41) is 7.86. The highest BCUT2D eigenvalue weighted by Crippen LogP contribution is 2.18. The van der Waals surface area contributed by atoms with Crippen LogP contribution in [0.2, 0.25) is 0 Å². The average molecular weight is 338 g/mol. The highest BCUT2D eigenvalue weighted by atomic mass is 16.5. The molecule has 2 heterocycles. The van der Waals surface area contributed by atoms with Crippen LogP contribution in [0, 0.1) is 13.8 Å². The zero-order valence-corrected chi connectivity index (χ0v) is 15.2. The molecule has 5 heteroatoms. The first kappa shape index (κ1) is 17.3. The van der Waals surface area contributed by atoms with Gasteiger partial charge in [-0.1, -0.05) is 19.8 Å². The van der Waals surface area contributed by atoms with Crippen LogP contribution in [0.15, 0.2) is 36.5 Å². The Kier molecular flexibility index (Phi) is 5.53. The van der Waals surface area contributed by atoms with Gasteiger partial charge in [0.05, 0.1) is 12.8 Å². The lowest BCUT2D eigenvalue weighted by atomic mass is 10.2. The van der Waals surface area contributed by atoms with Crippen molar-refractivity contribution in [1.29, 1.82) is 0 Å². The maximum atomic E-state index is 5.75. The molecule has 0 aliphatic heterocycles. The second-order valence-corrected chi connectivity index (χ2v) is 6.38. The quantitative estimate of drug-likeness (QED) is 0.613. The molecule has 5 nitrogen and oxygen atoms in total. The van der Waals surface area contributed by atoms with Crippen LogP contribution < -0.4 is 10.1 Å². The van der Waals surface area contributed by atoms with E-state index in [0.717, 1.165) is 47.1 Å². The molecule has 1 N–H and O–H groups in total. The lowest BCUT2D eigenvalue weighted by Crippen LogP contribution is -2.02. The molecule has 132 valence electrons. The molecule has 0 radical (unpaired) electrons. The largest absolute Gasteiger partial charge is 0.494 e. The molecule has 0 bridgehead atoms. The second kappa shape index (κ2) is 8.01. The third-order valence-corrected chi connectivity index (χ3v) is 4.20. The Bertz CT molecular complexity index is 824. The molecule has 2 aromatic heterocycles. The fourth-order valence-electron chi connectivity index (χ4n) is 2.85. The summed E-state index contributed by atoms with van der Waals surface area (Å²) in [5.74, 6) is 0.922. The van der Waals surface area contributed by atoms with Crippen molar-refractivity contribution >= 4 is 11.3 Å². The van der Waals surface area contributed by atoms with E-state index in [1.807, 2.05) is 54.9 Å². The maximum absolute atomic E-state index is 5.75. The van der Waals surface area contributed by atoms with Crippen LogP contribution in [0.3, 0.4) is 0 Å². The van der Waals surface area contributed by atoms with Gasteiger partial charge < -0.3 is 10.1 Å². The van der Waals surface area contributed by atoms with Gasteiger partial charge in [-0.05, 0) is 50.6 Å². The molecule has 3 rings (SSSR count). The van der Waals surface area contributed by atoms with Gasteiger partial charge >= 0.3 is 0 Å². The van der Waals surface area contributed by atoms with E-state index in [1.54, 1.807) is 0 Å². The molecule has 0 spiro atoms. The lowest BCUT2D eigenvalue weighted by molar-refractivity contribution is 0.306. The second-order valence-electron chi connectivity index (χ2n) is 6.38. The first-order chi connectivity index (χ1) is 12.2. The average Bonchev–Trinajstić information content (AvgIpc) is 3.01. The van der Waals surface area contributed by atoms with Gasteiger partial charge in [-0.2, -0.15) is 5.10 Å². The van der Waals surface area contributed by atoms with E-state index in [0.29, 0.717) is 6.54 Å². The monoisotopic (exact) mass is 338 g/mol. The maximum Gasteiger partial charge on any atom is 0.160 e. The van der Waals surface area contributed by atoms with Crippen LogP contribution in [-0.2, 0) is 6.54 Å². The van der Waals surface area contributed by atoms with Crippen molar-refractivity contribution in [2.24, 2.45) is 0 Å². The molecule has 0 amide bonds. The van der Waals surface area contributed by atoms with Crippen molar-refractivity contribution in [3.8, 4) is 5.75 Å². The molecular formula is C20H26N4O. The van der Waals surface area contributed by atoms with Crippen LogP contribution in [0.1, 0.15) is 43.1 Å². The molecule has 0 atom stereocenters. The summed E-state index contributed by atoms with van der Waals surface area (Å²) in [5.41, 5.74) is 5.17. The number of ether oxygens (including phenoxy) is 1. The van der Waals surface area contributed by atoms with Crippen molar-refractivity contribution in [3.05, 3.63) is 53.5 Å². The van der Waals surface area contributed by atoms with Crippen molar-refractivity contribution in [2.75, 3.05) is 11.9 Å². The summed E-state index contributed by atoms with van der Waals surface area (Å²) in [7, 11) is 0. The third kappa shape index (κ3) is 4.29. The molecule has 3 aromatic rings. The fraction of sp³-hybridized carbons (Fsp3) is 0.400. The highest BCUT2D eigenvalue weighted by molar-refractivity contribution is 5.52. The van der Waals surface area contributed by atoms with Crippen molar-refractivity contribution < 1.29 is 4.74 Å². The number of nitrogens with zero attached hydrogens (tertiary/aromatic N) is 3. The molecule has 1 aromatic carbocycles. The SMILES string of the molecule is CCCCCOc1ccc(NCc2cnn3c(C)cc(C)nc23)cc1. The summed E-state index contributed by atoms with van der Waals surface area (Å²) in [6.45, 7) is 7.73. The number of unbranched alkanes of at least 4 members (excludes halogenated alkanes) is 2. The molecular weight excluding hydrogens is 312 g/mol. The van der Waals surface area contributed by atoms with Crippen LogP contribution in [0.5, 0.6) is 5.75 Å². The van der Waals surface area contributed by atoms with E-state index < -0.39 is 0 Å². The summed E-state index contributed by atoms with van der Waals surface area (Å²) >= 11 is 0. The molecule has 0 aliphatic carbocycles. The van der Waals surface area contributed by atoms with Gasteiger partial charge in [-0.25, -0.2) is 9.50 Å². The number of fused-ring (bicyclic) bond motifs is 1. The smallest absolute Gasteiger partial charge is 0.160 e. The lowest BCUT2D eigenvalue weighted by Gasteiger charge is -2.09. The van der Waals surface area contributed by atoms with E-state index in [2.05, 4.69) is 22.3 Å². The van der Waals surface area contributed by atoms with E-state index in [1.165, 1.54) is 12.8 Å². The zero-order chi connectivity index (χ0) is 17.6. The molecule has 0 unspecified atom stereocenters. The van der Waals surface area contributed by atoms with Gasteiger partial charge in [-0.15, -0.1) is 0 Å². The molecule has 0 saturated carbocycles. The normalized spacial score (nSPS) is 11.0. The van der Waals surface area contributed by atoms with Crippen molar-refractivity contribution in [1.82, 2.24) is 14.6 Å². The first-order valence-electron chi connectivity index (χ1n) is 8.95. The standard InChI is InChI=1S/C20H26N4O/c1-4-5-6-11-25-19-9-7-18(8-10-19)21-13-17-14-22-24-16(3)12-15(2)23-20(17)24/h7-10,12,14,21H,4-6,11,13H2,1-3H3. The number of rotatable bonds is 8. The zero-order valence-electron chi connectivity index (χ0n) is 15.2. The highest BCUT2D eigenvalue weighted by Gasteiger charge is 2.08. The number of hydrogen-bond donors (Lipinski definition) is 1. The third-order valence-electron chi connectivity index (χ3n) is 4.20. The number of anilines is 1. The number of aryl methyl sites for hydroxylation is 2. The van der Waals surface area contributed by atoms with Crippen LogP contribution >= 0.6 is 0 Å².